The van der Waals surface area contributed by atoms with Crippen LogP contribution in [0, 0.1) is 5.92 Å². The molecule has 0 radical (unpaired) electrons. The molecule has 1 aromatic rings. The highest BCUT2D eigenvalue weighted by Crippen LogP contribution is 2.22. The molecule has 1 atom stereocenters. The fraction of sp³-hybridized carbons (Fsp3) is 0.615. The van der Waals surface area contributed by atoms with E-state index in [9.17, 15) is 0 Å². The van der Waals surface area contributed by atoms with Crippen LogP contribution in [0.4, 0.5) is 5.82 Å². The maximum absolute atomic E-state index is 6.19. The topological polar surface area (TPSA) is 37.4 Å². The molecule has 1 unspecified atom stereocenters. The average molecular weight is 270 g/mol. The van der Waals surface area contributed by atoms with E-state index < -0.39 is 0 Å². The van der Waals surface area contributed by atoms with Crippen LogP contribution in [0.15, 0.2) is 12.1 Å². The van der Waals surface area contributed by atoms with Crippen LogP contribution in [0.25, 0.3) is 0 Å². The Morgan fingerprint density at radius 2 is 2.39 bits per heavy atom. The Labute approximate surface area is 113 Å². The van der Waals surface area contributed by atoms with Gasteiger partial charge in [-0.05, 0) is 31.0 Å². The van der Waals surface area contributed by atoms with Crippen molar-refractivity contribution in [3.05, 3.63) is 22.8 Å². The van der Waals surface area contributed by atoms with Gasteiger partial charge in [-0.1, -0.05) is 11.6 Å². The van der Waals surface area contributed by atoms with E-state index in [1.807, 2.05) is 19.2 Å². The fourth-order valence-corrected chi connectivity index (χ4v) is 2.54. The third-order valence-corrected chi connectivity index (χ3v) is 3.66. The van der Waals surface area contributed by atoms with Crippen LogP contribution in [-0.4, -0.2) is 43.7 Å². The number of ether oxygens (including phenoxy) is 1. The highest BCUT2D eigenvalue weighted by Gasteiger charge is 2.23. The van der Waals surface area contributed by atoms with Gasteiger partial charge in [-0.25, -0.2) is 4.98 Å². The molecule has 0 bridgehead atoms. The molecule has 1 fully saturated rings. The molecule has 1 aliphatic rings. The average Bonchev–Trinajstić information content (AvgIpc) is 2.80. The summed E-state index contributed by atoms with van der Waals surface area (Å²) in [6.07, 6.45) is 1.19. The van der Waals surface area contributed by atoms with Crippen LogP contribution >= 0.6 is 11.6 Å². The van der Waals surface area contributed by atoms with Crippen molar-refractivity contribution >= 4 is 17.4 Å². The highest BCUT2D eigenvalue weighted by atomic mass is 35.5. The molecule has 4 nitrogen and oxygen atoms in total. The van der Waals surface area contributed by atoms with Crippen molar-refractivity contribution in [3.8, 4) is 0 Å². The first-order valence-electron chi connectivity index (χ1n) is 6.27. The van der Waals surface area contributed by atoms with Crippen LogP contribution in [0.1, 0.15) is 12.1 Å². The van der Waals surface area contributed by atoms with Crippen molar-refractivity contribution in [2.75, 3.05) is 39.2 Å². The summed E-state index contributed by atoms with van der Waals surface area (Å²) < 4.78 is 5.21. The van der Waals surface area contributed by atoms with Crippen molar-refractivity contribution in [2.24, 2.45) is 5.92 Å². The molecule has 0 aromatic carbocycles. The van der Waals surface area contributed by atoms with Gasteiger partial charge in [0.05, 0.1) is 17.3 Å². The van der Waals surface area contributed by atoms with Crippen LogP contribution < -0.4 is 5.32 Å². The molecule has 1 N–H and O–H groups in total. The molecule has 0 saturated carbocycles. The van der Waals surface area contributed by atoms with Gasteiger partial charge in [0.1, 0.15) is 5.82 Å². The first-order valence-corrected chi connectivity index (χ1v) is 6.65. The number of nitrogens with zero attached hydrogens (tertiary/aromatic N) is 2. The molecular formula is C13H20ClN3O. The Balaban J connectivity index is 1.97. The molecule has 18 heavy (non-hydrogen) atoms. The van der Waals surface area contributed by atoms with Gasteiger partial charge in [-0.2, -0.15) is 0 Å². The summed E-state index contributed by atoms with van der Waals surface area (Å²) in [6.45, 7) is 3.81. The number of rotatable bonds is 5. The van der Waals surface area contributed by atoms with Crippen molar-refractivity contribution in [1.29, 1.82) is 0 Å². The highest BCUT2D eigenvalue weighted by molar-refractivity contribution is 6.31. The minimum Gasteiger partial charge on any atom is -0.384 e. The van der Waals surface area contributed by atoms with Crippen molar-refractivity contribution in [1.82, 2.24) is 9.88 Å². The van der Waals surface area contributed by atoms with Crippen LogP contribution in [-0.2, 0) is 11.3 Å². The number of pyridine rings is 1. The molecule has 1 saturated heterocycles. The maximum atomic E-state index is 6.19. The number of hydrogen-bond donors (Lipinski definition) is 1. The minimum atomic E-state index is 0.640. The quantitative estimate of drug-likeness (QED) is 0.890. The number of likely N-dealkylation sites (tertiary alicyclic amines) is 1. The lowest BCUT2D eigenvalue weighted by atomic mass is 10.1. The summed E-state index contributed by atoms with van der Waals surface area (Å²) in [5.41, 5.74) is 0.946. The van der Waals surface area contributed by atoms with Crippen LogP contribution in [0.5, 0.6) is 0 Å². The number of methoxy groups -OCH3 is 1. The van der Waals surface area contributed by atoms with E-state index in [0.717, 1.165) is 42.8 Å². The van der Waals surface area contributed by atoms with E-state index in [4.69, 9.17) is 16.3 Å². The Bertz CT molecular complexity index is 400. The van der Waals surface area contributed by atoms with Gasteiger partial charge in [0, 0.05) is 27.2 Å². The van der Waals surface area contributed by atoms with Crippen LogP contribution in [0.3, 0.4) is 0 Å². The smallest absolute Gasteiger partial charge is 0.126 e. The van der Waals surface area contributed by atoms with Gasteiger partial charge in [-0.15, -0.1) is 0 Å². The van der Waals surface area contributed by atoms with Crippen LogP contribution in [0.2, 0.25) is 5.02 Å². The number of aromatic nitrogens is 1. The Morgan fingerprint density at radius 3 is 3.11 bits per heavy atom. The third-order valence-electron chi connectivity index (χ3n) is 3.32. The molecule has 100 valence electrons. The molecule has 1 aromatic heterocycles. The van der Waals surface area contributed by atoms with Gasteiger partial charge in [0.2, 0.25) is 0 Å². The molecule has 0 spiro atoms. The van der Waals surface area contributed by atoms with E-state index in [2.05, 4.69) is 15.2 Å². The summed E-state index contributed by atoms with van der Waals surface area (Å²) in [6, 6.07) is 3.79. The third kappa shape index (κ3) is 3.34. The molecular weight excluding hydrogens is 250 g/mol. The number of nitrogens with one attached hydrogen (secondary N) is 1. The molecule has 0 amide bonds. The Morgan fingerprint density at radius 1 is 1.56 bits per heavy atom. The van der Waals surface area contributed by atoms with E-state index >= 15 is 0 Å². The predicted octanol–water partition coefficient (Wildman–Crippen LogP) is 2.25. The van der Waals surface area contributed by atoms with Crippen molar-refractivity contribution in [3.63, 3.8) is 0 Å². The van der Waals surface area contributed by atoms with Crippen molar-refractivity contribution < 1.29 is 4.74 Å². The molecule has 2 heterocycles. The van der Waals surface area contributed by atoms with E-state index in [1.165, 1.54) is 6.42 Å². The Kier molecular flexibility index (Phi) is 4.80. The van der Waals surface area contributed by atoms with Gasteiger partial charge in [-0.3, -0.25) is 4.90 Å². The lowest BCUT2D eigenvalue weighted by Crippen LogP contribution is -2.22. The zero-order chi connectivity index (χ0) is 13.0. The largest absolute Gasteiger partial charge is 0.384 e. The molecule has 0 aliphatic carbocycles. The second kappa shape index (κ2) is 6.36. The van der Waals surface area contributed by atoms with Gasteiger partial charge < -0.3 is 10.1 Å². The van der Waals surface area contributed by atoms with Gasteiger partial charge >= 0.3 is 0 Å². The standard InChI is InChI=1S/C13H20ClN3O/c1-15-13-4-3-11(14)12(16-13)8-17-6-5-10(7-17)9-18-2/h3-4,10H,5-9H2,1-2H3,(H,15,16). The summed E-state index contributed by atoms with van der Waals surface area (Å²) in [5, 5.41) is 3.78. The first kappa shape index (κ1) is 13.6. The second-order valence-electron chi connectivity index (χ2n) is 4.72. The lowest BCUT2D eigenvalue weighted by molar-refractivity contribution is 0.152. The monoisotopic (exact) mass is 269 g/mol. The number of halogens is 1. The summed E-state index contributed by atoms with van der Waals surface area (Å²) >= 11 is 6.19. The van der Waals surface area contributed by atoms with Crippen molar-refractivity contribution in [2.45, 2.75) is 13.0 Å². The SMILES string of the molecule is CNc1ccc(Cl)c(CN2CCC(COC)C2)n1. The zero-order valence-corrected chi connectivity index (χ0v) is 11.7. The van der Waals surface area contributed by atoms with E-state index in [0.29, 0.717) is 5.92 Å². The molecule has 2 rings (SSSR count). The molecule has 1 aliphatic heterocycles. The minimum absolute atomic E-state index is 0.640. The lowest BCUT2D eigenvalue weighted by Gasteiger charge is -2.16. The zero-order valence-electron chi connectivity index (χ0n) is 10.9. The van der Waals surface area contributed by atoms with Gasteiger partial charge in [0.15, 0.2) is 0 Å². The number of anilines is 1. The number of hydrogen-bond acceptors (Lipinski definition) is 4. The normalized spacial score (nSPS) is 20.3. The summed E-state index contributed by atoms with van der Waals surface area (Å²) in [4.78, 5) is 6.90. The summed E-state index contributed by atoms with van der Waals surface area (Å²) in [7, 11) is 3.63. The van der Waals surface area contributed by atoms with E-state index in [1.54, 1.807) is 7.11 Å². The Hall–Kier alpha value is -0.840. The summed E-state index contributed by atoms with van der Waals surface area (Å²) in [5.74, 6) is 1.50. The first-order chi connectivity index (χ1) is 8.72. The van der Waals surface area contributed by atoms with Gasteiger partial charge in [0.25, 0.3) is 0 Å². The predicted molar refractivity (Wildman–Crippen MR) is 74.1 cm³/mol. The fourth-order valence-electron chi connectivity index (χ4n) is 2.37. The van der Waals surface area contributed by atoms with E-state index in [-0.39, 0.29) is 0 Å². The maximum Gasteiger partial charge on any atom is 0.126 e. The second-order valence-corrected chi connectivity index (χ2v) is 5.13. The molecule has 5 heteroatoms.